The number of nitrogens with zero attached hydrogens (tertiary/aromatic N) is 2. The summed E-state index contributed by atoms with van der Waals surface area (Å²) in [5, 5.41) is 6.60. The quantitative estimate of drug-likeness (QED) is 0.371. The molecule has 0 spiro atoms. The minimum atomic E-state index is -0.298. The van der Waals surface area contributed by atoms with Crippen LogP contribution in [0.25, 0.3) is 0 Å². The van der Waals surface area contributed by atoms with Crippen molar-refractivity contribution in [2.24, 2.45) is 11.8 Å². The van der Waals surface area contributed by atoms with Gasteiger partial charge < -0.3 is 25.2 Å². The first kappa shape index (κ1) is 28.6. The second-order valence-electron chi connectivity index (χ2n) is 10.5. The predicted molar refractivity (Wildman–Crippen MR) is 152 cm³/mol. The van der Waals surface area contributed by atoms with E-state index in [1.165, 1.54) is 11.1 Å². The van der Waals surface area contributed by atoms with Crippen LogP contribution in [0.1, 0.15) is 43.4 Å². The number of carbonyl (C=O) groups is 2. The van der Waals surface area contributed by atoms with E-state index >= 15 is 0 Å². The van der Waals surface area contributed by atoms with Gasteiger partial charge in [-0.15, -0.1) is 0 Å². The number of rotatable bonds is 14. The number of para-hydroxylation sites is 1. The Labute approximate surface area is 223 Å². The highest BCUT2D eigenvalue weighted by atomic mass is 16.2. The fraction of sp³-hybridized carbons (Fsp3) is 0.484. The molecule has 2 aromatic rings. The van der Waals surface area contributed by atoms with Gasteiger partial charge in [0, 0.05) is 24.0 Å². The zero-order valence-electron chi connectivity index (χ0n) is 23.2. The Morgan fingerprint density at radius 2 is 1.65 bits per heavy atom. The van der Waals surface area contributed by atoms with Gasteiger partial charge in [-0.25, -0.2) is 0 Å². The lowest BCUT2D eigenvalue weighted by atomic mass is 9.89. The van der Waals surface area contributed by atoms with Gasteiger partial charge in [-0.1, -0.05) is 75.7 Å². The highest BCUT2D eigenvalue weighted by Gasteiger charge is 2.35. The van der Waals surface area contributed by atoms with Crippen LogP contribution in [-0.4, -0.2) is 61.8 Å². The highest BCUT2D eigenvalue weighted by Crippen LogP contribution is 2.34. The fourth-order valence-corrected chi connectivity index (χ4v) is 5.73. The van der Waals surface area contributed by atoms with E-state index in [-0.39, 0.29) is 23.9 Å². The standard InChI is InChI=1S/C31H44N4O2/c1-7-23(8-2)29(21-36)35(19-26-15-11-12-16-28(26)33-30(37)20-34(5)6)22(3)31(32-4)27-17-24-13-9-10-14-25(24)18-27/h9-16,21,23,27,29,31-32H,3,7-8,17-20H2,1-2,4-6H3,(H,33,37)/t29-,31?/m0/s1. The number of anilines is 1. The SMILES string of the molecule is C=C(C(NC)C1Cc2ccccc2C1)N(Cc1ccccc1NC(=O)CN(C)C)[C@@H](C=O)C(CC)CC. The van der Waals surface area contributed by atoms with Gasteiger partial charge >= 0.3 is 0 Å². The third-order valence-corrected chi connectivity index (χ3v) is 7.72. The van der Waals surface area contributed by atoms with Crippen LogP contribution in [0, 0.1) is 11.8 Å². The molecule has 200 valence electrons. The van der Waals surface area contributed by atoms with Gasteiger partial charge in [0.15, 0.2) is 0 Å². The normalized spacial score (nSPS) is 14.9. The van der Waals surface area contributed by atoms with Crippen LogP contribution in [-0.2, 0) is 29.0 Å². The van der Waals surface area contributed by atoms with Gasteiger partial charge in [-0.2, -0.15) is 0 Å². The maximum Gasteiger partial charge on any atom is 0.238 e. The molecule has 0 heterocycles. The van der Waals surface area contributed by atoms with Crippen LogP contribution in [0.15, 0.2) is 60.8 Å². The van der Waals surface area contributed by atoms with Gasteiger partial charge in [0.25, 0.3) is 0 Å². The molecule has 2 aromatic carbocycles. The smallest absolute Gasteiger partial charge is 0.238 e. The molecule has 6 nitrogen and oxygen atoms in total. The molecular formula is C31H44N4O2. The molecular weight excluding hydrogens is 460 g/mol. The Morgan fingerprint density at radius 3 is 2.19 bits per heavy atom. The molecule has 0 radical (unpaired) electrons. The van der Waals surface area contributed by atoms with Gasteiger partial charge in [0.2, 0.25) is 5.91 Å². The first-order valence-corrected chi connectivity index (χ1v) is 13.5. The van der Waals surface area contributed by atoms with Crippen molar-refractivity contribution >= 4 is 17.9 Å². The van der Waals surface area contributed by atoms with Crippen molar-refractivity contribution in [3.05, 3.63) is 77.5 Å². The molecule has 1 aliphatic carbocycles. The summed E-state index contributed by atoms with van der Waals surface area (Å²) in [6.45, 7) is 9.68. The predicted octanol–water partition coefficient (Wildman–Crippen LogP) is 4.51. The minimum Gasteiger partial charge on any atom is -0.360 e. The fourth-order valence-electron chi connectivity index (χ4n) is 5.73. The Morgan fingerprint density at radius 1 is 1.05 bits per heavy atom. The lowest BCUT2D eigenvalue weighted by Crippen LogP contribution is -2.48. The monoisotopic (exact) mass is 504 g/mol. The maximum atomic E-state index is 12.6. The maximum absolute atomic E-state index is 12.6. The number of carbonyl (C=O) groups excluding carboxylic acids is 2. The zero-order chi connectivity index (χ0) is 26.9. The van der Waals surface area contributed by atoms with E-state index in [4.69, 9.17) is 0 Å². The highest BCUT2D eigenvalue weighted by molar-refractivity contribution is 5.92. The van der Waals surface area contributed by atoms with Crippen molar-refractivity contribution in [1.29, 1.82) is 0 Å². The zero-order valence-corrected chi connectivity index (χ0v) is 23.2. The number of likely N-dealkylation sites (N-methyl/N-ethyl adjacent to an activating group) is 2. The largest absolute Gasteiger partial charge is 0.360 e. The number of amides is 1. The third-order valence-electron chi connectivity index (χ3n) is 7.72. The lowest BCUT2D eigenvalue weighted by molar-refractivity contribution is -0.117. The summed E-state index contributed by atoms with van der Waals surface area (Å²) in [6.07, 6.45) is 4.88. The van der Waals surface area contributed by atoms with E-state index < -0.39 is 0 Å². The van der Waals surface area contributed by atoms with Gasteiger partial charge in [-0.3, -0.25) is 4.79 Å². The van der Waals surface area contributed by atoms with Crippen molar-refractivity contribution < 1.29 is 9.59 Å². The van der Waals surface area contributed by atoms with Crippen molar-refractivity contribution in [1.82, 2.24) is 15.1 Å². The summed E-state index contributed by atoms with van der Waals surface area (Å²) in [7, 11) is 5.74. The van der Waals surface area contributed by atoms with E-state index in [9.17, 15) is 9.59 Å². The van der Waals surface area contributed by atoms with Crippen LogP contribution >= 0.6 is 0 Å². The number of aldehydes is 1. The second-order valence-corrected chi connectivity index (χ2v) is 10.5. The molecule has 6 heteroatoms. The summed E-state index contributed by atoms with van der Waals surface area (Å²) < 4.78 is 0. The summed E-state index contributed by atoms with van der Waals surface area (Å²) >= 11 is 0. The minimum absolute atomic E-state index is 0.0275. The van der Waals surface area contributed by atoms with Gasteiger partial charge in [0.05, 0.1) is 12.6 Å². The number of benzene rings is 2. The van der Waals surface area contributed by atoms with Crippen LogP contribution in [0.3, 0.4) is 0 Å². The lowest BCUT2D eigenvalue weighted by Gasteiger charge is -2.40. The first-order chi connectivity index (χ1) is 17.8. The van der Waals surface area contributed by atoms with E-state index in [0.29, 0.717) is 19.0 Å². The summed E-state index contributed by atoms with van der Waals surface area (Å²) in [4.78, 5) is 29.2. The molecule has 2 N–H and O–H groups in total. The number of hydrogen-bond acceptors (Lipinski definition) is 5. The summed E-state index contributed by atoms with van der Waals surface area (Å²) in [6, 6.07) is 16.2. The molecule has 0 aliphatic heterocycles. The molecule has 1 aliphatic rings. The van der Waals surface area contributed by atoms with E-state index in [1.54, 1.807) is 0 Å². The van der Waals surface area contributed by atoms with Crippen LogP contribution in [0.2, 0.25) is 0 Å². The average molecular weight is 505 g/mol. The topological polar surface area (TPSA) is 64.7 Å². The summed E-state index contributed by atoms with van der Waals surface area (Å²) in [5.41, 5.74) is 5.47. The van der Waals surface area contributed by atoms with Crippen molar-refractivity contribution in [3.63, 3.8) is 0 Å². The van der Waals surface area contributed by atoms with Gasteiger partial charge in [-0.05, 0) is 68.6 Å². The van der Waals surface area contributed by atoms with Gasteiger partial charge in [0.1, 0.15) is 6.29 Å². The summed E-state index contributed by atoms with van der Waals surface area (Å²) in [5.74, 6) is 0.510. The molecule has 2 atom stereocenters. The first-order valence-electron chi connectivity index (χ1n) is 13.5. The van der Waals surface area contributed by atoms with E-state index in [2.05, 4.69) is 60.2 Å². The number of fused-ring (bicyclic) bond motifs is 1. The molecule has 0 aromatic heterocycles. The Bertz CT molecular complexity index is 1040. The van der Waals surface area contributed by atoms with E-state index in [0.717, 1.165) is 48.9 Å². The number of hydrogen-bond donors (Lipinski definition) is 2. The molecule has 3 rings (SSSR count). The molecule has 0 fully saturated rings. The van der Waals surface area contributed by atoms with Crippen molar-refractivity contribution in [2.75, 3.05) is 33.0 Å². The van der Waals surface area contributed by atoms with Crippen LogP contribution in [0.5, 0.6) is 0 Å². The Kier molecular flexibility index (Phi) is 10.5. The molecule has 0 saturated heterocycles. The molecule has 1 amide bonds. The van der Waals surface area contributed by atoms with Crippen molar-refractivity contribution in [3.8, 4) is 0 Å². The third kappa shape index (κ3) is 7.08. The Balaban J connectivity index is 1.93. The molecule has 0 bridgehead atoms. The van der Waals surface area contributed by atoms with Crippen molar-refractivity contribution in [2.45, 2.75) is 58.2 Å². The molecule has 1 unspecified atom stereocenters. The van der Waals surface area contributed by atoms with E-state index in [1.807, 2.05) is 50.3 Å². The average Bonchev–Trinajstić information content (AvgIpc) is 3.30. The second kappa shape index (κ2) is 13.5. The van der Waals surface area contributed by atoms with Crippen LogP contribution < -0.4 is 10.6 Å². The molecule has 0 saturated carbocycles. The van der Waals surface area contributed by atoms with Crippen LogP contribution in [0.4, 0.5) is 5.69 Å². The molecule has 37 heavy (non-hydrogen) atoms. The Hall–Kier alpha value is -2.96. The number of nitrogens with one attached hydrogen (secondary N) is 2.